The zero-order valence-corrected chi connectivity index (χ0v) is 11.9. The van der Waals surface area contributed by atoms with E-state index in [1.165, 1.54) is 6.07 Å². The topological polar surface area (TPSA) is 24.9 Å². The first-order chi connectivity index (χ1) is 10.3. The molecule has 106 valence electrons. The van der Waals surface area contributed by atoms with E-state index in [0.29, 0.717) is 5.56 Å². The van der Waals surface area contributed by atoms with Crippen LogP contribution in [0.1, 0.15) is 12.5 Å². The van der Waals surface area contributed by atoms with Gasteiger partial charge in [-0.2, -0.15) is 0 Å². The van der Waals surface area contributed by atoms with Gasteiger partial charge in [-0.05, 0) is 48.0 Å². The van der Waals surface area contributed by atoms with Crippen molar-refractivity contribution in [3.63, 3.8) is 0 Å². The molecule has 0 aliphatic rings. The molecule has 2 aromatic carbocycles. The summed E-state index contributed by atoms with van der Waals surface area (Å²) in [5, 5.41) is 4.28. The summed E-state index contributed by atoms with van der Waals surface area (Å²) in [5.41, 5.74) is 3.52. The monoisotopic (exact) mass is 280 g/mol. The fourth-order valence-electron chi connectivity index (χ4n) is 2.42. The standard InChI is InChI=1S/C18H17FN2/c1-2-20-12-13-5-7-17(19)16(10-13)14-6-8-18-15(11-14)4-3-9-21-18/h3-11,20H,2,12H2,1H3. The van der Waals surface area contributed by atoms with Gasteiger partial charge in [0.25, 0.3) is 0 Å². The van der Waals surface area contributed by atoms with Crippen molar-refractivity contribution < 1.29 is 4.39 Å². The molecule has 2 nitrogen and oxygen atoms in total. The van der Waals surface area contributed by atoms with Crippen LogP contribution in [0.15, 0.2) is 54.7 Å². The van der Waals surface area contributed by atoms with Crippen molar-refractivity contribution in [3.05, 3.63) is 66.1 Å². The second-order valence-electron chi connectivity index (χ2n) is 5.01. The summed E-state index contributed by atoms with van der Waals surface area (Å²) in [6.07, 6.45) is 1.76. The number of benzene rings is 2. The van der Waals surface area contributed by atoms with Gasteiger partial charge in [0.15, 0.2) is 0 Å². The number of aromatic nitrogens is 1. The second-order valence-corrected chi connectivity index (χ2v) is 5.01. The maximum absolute atomic E-state index is 14.1. The van der Waals surface area contributed by atoms with E-state index in [9.17, 15) is 4.39 Å². The lowest BCUT2D eigenvalue weighted by molar-refractivity contribution is 0.629. The molecule has 0 saturated carbocycles. The number of halogens is 1. The Kier molecular flexibility index (Phi) is 3.93. The van der Waals surface area contributed by atoms with Crippen molar-refractivity contribution in [2.24, 2.45) is 0 Å². The molecular formula is C18H17FN2. The van der Waals surface area contributed by atoms with E-state index >= 15 is 0 Å². The minimum atomic E-state index is -0.196. The van der Waals surface area contributed by atoms with Crippen molar-refractivity contribution >= 4 is 10.9 Å². The van der Waals surface area contributed by atoms with Crippen LogP contribution in [-0.4, -0.2) is 11.5 Å². The molecule has 3 heteroatoms. The Bertz CT molecular complexity index is 768. The van der Waals surface area contributed by atoms with Crippen LogP contribution in [0.5, 0.6) is 0 Å². The lowest BCUT2D eigenvalue weighted by atomic mass is 10.0. The van der Waals surface area contributed by atoms with Crippen LogP contribution in [0, 0.1) is 5.82 Å². The number of rotatable bonds is 4. The maximum Gasteiger partial charge on any atom is 0.131 e. The van der Waals surface area contributed by atoms with Gasteiger partial charge in [0.1, 0.15) is 5.82 Å². The van der Waals surface area contributed by atoms with E-state index < -0.39 is 0 Å². The average Bonchev–Trinajstić information content (AvgIpc) is 2.53. The second kappa shape index (κ2) is 6.02. The predicted octanol–water partition coefficient (Wildman–Crippen LogP) is 4.15. The number of fused-ring (bicyclic) bond motifs is 1. The summed E-state index contributed by atoms with van der Waals surface area (Å²) in [7, 11) is 0. The average molecular weight is 280 g/mol. The SMILES string of the molecule is CCNCc1ccc(F)c(-c2ccc3ncccc3c2)c1. The van der Waals surface area contributed by atoms with Gasteiger partial charge in [-0.15, -0.1) is 0 Å². The van der Waals surface area contributed by atoms with Crippen molar-refractivity contribution in [2.45, 2.75) is 13.5 Å². The molecule has 1 N–H and O–H groups in total. The summed E-state index contributed by atoms with van der Waals surface area (Å²) in [6.45, 7) is 3.70. The van der Waals surface area contributed by atoms with Gasteiger partial charge in [-0.25, -0.2) is 4.39 Å². The zero-order valence-electron chi connectivity index (χ0n) is 11.9. The van der Waals surface area contributed by atoms with Gasteiger partial charge in [-0.1, -0.05) is 25.1 Å². The van der Waals surface area contributed by atoms with Crippen molar-refractivity contribution in [2.75, 3.05) is 6.54 Å². The number of hydrogen-bond donors (Lipinski definition) is 1. The molecule has 0 saturated heterocycles. The highest BCUT2D eigenvalue weighted by molar-refractivity contribution is 5.84. The minimum absolute atomic E-state index is 0.196. The Balaban J connectivity index is 2.04. The van der Waals surface area contributed by atoms with Gasteiger partial charge in [0.2, 0.25) is 0 Å². The molecule has 1 heterocycles. The molecule has 21 heavy (non-hydrogen) atoms. The van der Waals surface area contributed by atoms with E-state index in [2.05, 4.69) is 17.2 Å². The van der Waals surface area contributed by atoms with E-state index in [0.717, 1.165) is 35.1 Å². The molecule has 0 amide bonds. The molecule has 0 bridgehead atoms. The third kappa shape index (κ3) is 2.93. The molecule has 0 atom stereocenters. The fraction of sp³-hybridized carbons (Fsp3) is 0.167. The quantitative estimate of drug-likeness (QED) is 0.776. The molecule has 0 unspecified atom stereocenters. The van der Waals surface area contributed by atoms with E-state index in [-0.39, 0.29) is 5.82 Å². The molecule has 0 aliphatic carbocycles. The Morgan fingerprint density at radius 2 is 2.00 bits per heavy atom. The molecular weight excluding hydrogens is 263 g/mol. The Morgan fingerprint density at radius 3 is 2.86 bits per heavy atom. The molecule has 0 radical (unpaired) electrons. The normalized spacial score (nSPS) is 11.0. The van der Waals surface area contributed by atoms with Crippen LogP contribution < -0.4 is 5.32 Å². The van der Waals surface area contributed by atoms with E-state index in [1.54, 1.807) is 6.20 Å². The summed E-state index contributed by atoms with van der Waals surface area (Å²) in [5.74, 6) is -0.196. The highest BCUT2D eigenvalue weighted by atomic mass is 19.1. The molecule has 3 aromatic rings. The Labute approximate surface area is 123 Å². The van der Waals surface area contributed by atoms with E-state index in [1.807, 2.05) is 42.5 Å². The van der Waals surface area contributed by atoms with Crippen LogP contribution in [0.2, 0.25) is 0 Å². The van der Waals surface area contributed by atoms with Crippen LogP contribution in [0.3, 0.4) is 0 Å². The minimum Gasteiger partial charge on any atom is -0.313 e. The maximum atomic E-state index is 14.1. The van der Waals surface area contributed by atoms with Crippen molar-refractivity contribution in [1.29, 1.82) is 0 Å². The smallest absolute Gasteiger partial charge is 0.131 e. The van der Waals surface area contributed by atoms with Crippen LogP contribution in [0.25, 0.3) is 22.0 Å². The van der Waals surface area contributed by atoms with Gasteiger partial charge in [0, 0.05) is 23.7 Å². The lowest BCUT2D eigenvalue weighted by Gasteiger charge is -2.08. The fourth-order valence-corrected chi connectivity index (χ4v) is 2.42. The molecule has 0 spiro atoms. The lowest BCUT2D eigenvalue weighted by Crippen LogP contribution is -2.11. The van der Waals surface area contributed by atoms with E-state index in [4.69, 9.17) is 0 Å². The summed E-state index contributed by atoms with van der Waals surface area (Å²) in [6, 6.07) is 15.0. The largest absolute Gasteiger partial charge is 0.313 e. The van der Waals surface area contributed by atoms with Gasteiger partial charge >= 0.3 is 0 Å². The Morgan fingerprint density at radius 1 is 1.10 bits per heavy atom. The van der Waals surface area contributed by atoms with Crippen molar-refractivity contribution in [1.82, 2.24) is 10.3 Å². The highest BCUT2D eigenvalue weighted by Gasteiger charge is 2.07. The third-order valence-corrected chi connectivity index (χ3v) is 3.52. The molecule has 3 rings (SSSR count). The zero-order chi connectivity index (χ0) is 14.7. The highest BCUT2D eigenvalue weighted by Crippen LogP contribution is 2.27. The predicted molar refractivity (Wildman–Crippen MR) is 84.5 cm³/mol. The first kappa shape index (κ1) is 13.7. The molecule has 0 aliphatic heterocycles. The number of nitrogens with zero attached hydrogens (tertiary/aromatic N) is 1. The summed E-state index contributed by atoms with van der Waals surface area (Å²) in [4.78, 5) is 4.29. The first-order valence-electron chi connectivity index (χ1n) is 7.12. The van der Waals surface area contributed by atoms with Crippen molar-refractivity contribution in [3.8, 4) is 11.1 Å². The number of hydrogen-bond acceptors (Lipinski definition) is 2. The van der Waals surface area contributed by atoms with Crippen LogP contribution in [-0.2, 0) is 6.54 Å². The van der Waals surface area contributed by atoms with Crippen LogP contribution in [0.4, 0.5) is 4.39 Å². The molecule has 1 aromatic heterocycles. The van der Waals surface area contributed by atoms with Gasteiger partial charge < -0.3 is 5.32 Å². The van der Waals surface area contributed by atoms with Gasteiger partial charge in [-0.3, -0.25) is 4.98 Å². The summed E-state index contributed by atoms with van der Waals surface area (Å²) >= 11 is 0. The first-order valence-corrected chi connectivity index (χ1v) is 7.12. The summed E-state index contributed by atoms with van der Waals surface area (Å²) < 4.78 is 14.1. The number of pyridine rings is 1. The third-order valence-electron chi connectivity index (χ3n) is 3.52. The Hall–Kier alpha value is -2.26. The van der Waals surface area contributed by atoms with Crippen LogP contribution >= 0.6 is 0 Å². The van der Waals surface area contributed by atoms with Gasteiger partial charge in [0.05, 0.1) is 5.52 Å². The number of nitrogens with one attached hydrogen (secondary N) is 1. The molecule has 0 fully saturated rings.